The molecule has 1 rings (SSSR count). The molecule has 0 saturated heterocycles. The number of nitrogens with two attached hydrogens (primary N) is 1. The molecular weight excluding hydrogens is 268 g/mol. The molecule has 1 heterocycles. The predicted molar refractivity (Wildman–Crippen MR) is 84.3 cm³/mol. The Bertz CT molecular complexity index is 441. The summed E-state index contributed by atoms with van der Waals surface area (Å²) < 4.78 is 6.80. The van der Waals surface area contributed by atoms with Crippen molar-refractivity contribution in [3.63, 3.8) is 0 Å². The summed E-state index contributed by atoms with van der Waals surface area (Å²) in [5.41, 5.74) is 6.22. The molecular formula is C15H28N4O2. The van der Waals surface area contributed by atoms with Gasteiger partial charge in [0.15, 0.2) is 5.69 Å². The van der Waals surface area contributed by atoms with Crippen LogP contribution in [0.15, 0.2) is 6.33 Å². The largest absolute Gasteiger partial charge is 0.461 e. The van der Waals surface area contributed by atoms with Crippen LogP contribution in [0.1, 0.15) is 57.1 Å². The minimum atomic E-state index is -0.455. The Morgan fingerprint density at radius 3 is 2.67 bits per heavy atom. The highest BCUT2D eigenvalue weighted by Gasteiger charge is 2.19. The van der Waals surface area contributed by atoms with Crippen molar-refractivity contribution < 1.29 is 9.53 Å². The number of esters is 1. The lowest BCUT2D eigenvalue weighted by molar-refractivity contribution is 0.0521. The lowest BCUT2D eigenvalue weighted by Gasteiger charge is -2.20. The van der Waals surface area contributed by atoms with Crippen LogP contribution >= 0.6 is 0 Å². The molecule has 0 aliphatic heterocycles. The second kappa shape index (κ2) is 8.67. The summed E-state index contributed by atoms with van der Waals surface area (Å²) in [5, 5.41) is 0. The number of anilines is 1. The Labute approximate surface area is 127 Å². The molecule has 0 aliphatic carbocycles. The number of carbonyl (C=O) groups excluding carboxylic acids is 1. The molecule has 21 heavy (non-hydrogen) atoms. The standard InChI is InChI=1S/C15H28N4O2/c1-5-18(6-2)10-8-9-12(4)19-11-17-13(14(19)16)15(20)21-7-3/h11-12H,5-10,16H2,1-4H3. The van der Waals surface area contributed by atoms with Gasteiger partial charge in [-0.3, -0.25) is 0 Å². The smallest absolute Gasteiger partial charge is 0.360 e. The molecule has 0 spiro atoms. The van der Waals surface area contributed by atoms with Crippen LogP contribution in [0.2, 0.25) is 0 Å². The number of nitrogen functional groups attached to an aromatic ring is 1. The van der Waals surface area contributed by atoms with E-state index >= 15 is 0 Å². The maximum atomic E-state index is 11.7. The summed E-state index contributed by atoms with van der Waals surface area (Å²) in [6.07, 6.45) is 3.72. The monoisotopic (exact) mass is 296 g/mol. The van der Waals surface area contributed by atoms with Gasteiger partial charge in [0.2, 0.25) is 0 Å². The molecule has 0 saturated carbocycles. The molecule has 0 aliphatic rings. The first-order valence-electron chi connectivity index (χ1n) is 7.76. The van der Waals surface area contributed by atoms with Crippen molar-refractivity contribution in [3.05, 3.63) is 12.0 Å². The summed E-state index contributed by atoms with van der Waals surface area (Å²) in [7, 11) is 0. The molecule has 1 unspecified atom stereocenters. The third-order valence-electron chi connectivity index (χ3n) is 3.77. The van der Waals surface area contributed by atoms with Crippen molar-refractivity contribution in [1.29, 1.82) is 0 Å². The lowest BCUT2D eigenvalue weighted by atomic mass is 10.1. The lowest BCUT2D eigenvalue weighted by Crippen LogP contribution is -2.24. The zero-order valence-electron chi connectivity index (χ0n) is 13.6. The van der Waals surface area contributed by atoms with Crippen LogP contribution in [0.3, 0.4) is 0 Å². The van der Waals surface area contributed by atoms with Crippen molar-refractivity contribution in [2.45, 2.75) is 46.6 Å². The molecule has 120 valence electrons. The fourth-order valence-corrected chi connectivity index (χ4v) is 2.37. The van der Waals surface area contributed by atoms with Crippen LogP contribution < -0.4 is 5.73 Å². The topological polar surface area (TPSA) is 73.4 Å². The van der Waals surface area contributed by atoms with Crippen molar-refractivity contribution in [2.75, 3.05) is 32.0 Å². The number of carbonyl (C=O) groups is 1. The van der Waals surface area contributed by atoms with Gasteiger partial charge in [0.1, 0.15) is 5.82 Å². The first kappa shape index (κ1) is 17.5. The summed E-state index contributed by atoms with van der Waals surface area (Å²) in [6.45, 7) is 11.8. The summed E-state index contributed by atoms with van der Waals surface area (Å²) in [4.78, 5) is 18.2. The van der Waals surface area contributed by atoms with E-state index in [1.165, 1.54) is 0 Å². The quantitative estimate of drug-likeness (QED) is 0.708. The Morgan fingerprint density at radius 2 is 2.10 bits per heavy atom. The van der Waals surface area contributed by atoms with Crippen LogP contribution in [0.5, 0.6) is 0 Å². The van der Waals surface area contributed by atoms with E-state index in [4.69, 9.17) is 10.5 Å². The fraction of sp³-hybridized carbons (Fsp3) is 0.733. The summed E-state index contributed by atoms with van der Waals surface area (Å²) in [5.74, 6) is -0.0621. The molecule has 0 radical (unpaired) electrons. The van der Waals surface area contributed by atoms with E-state index in [2.05, 4.69) is 30.7 Å². The van der Waals surface area contributed by atoms with E-state index in [0.29, 0.717) is 12.4 Å². The van der Waals surface area contributed by atoms with Gasteiger partial charge in [0.25, 0.3) is 0 Å². The van der Waals surface area contributed by atoms with Crippen LogP contribution in [-0.4, -0.2) is 46.7 Å². The molecule has 0 fully saturated rings. The number of rotatable bonds is 9. The van der Waals surface area contributed by atoms with Crippen molar-refractivity contribution in [1.82, 2.24) is 14.5 Å². The Kier molecular flexibility index (Phi) is 7.22. The van der Waals surface area contributed by atoms with Gasteiger partial charge >= 0.3 is 5.97 Å². The number of ether oxygens (including phenoxy) is 1. The molecule has 0 bridgehead atoms. The van der Waals surface area contributed by atoms with Crippen molar-refractivity contribution >= 4 is 11.8 Å². The van der Waals surface area contributed by atoms with E-state index in [1.54, 1.807) is 13.3 Å². The molecule has 0 aromatic carbocycles. The number of hydrogen-bond acceptors (Lipinski definition) is 5. The van der Waals surface area contributed by atoms with Gasteiger partial charge in [0, 0.05) is 6.04 Å². The van der Waals surface area contributed by atoms with Gasteiger partial charge in [-0.25, -0.2) is 9.78 Å². The van der Waals surface area contributed by atoms with Crippen molar-refractivity contribution in [2.24, 2.45) is 0 Å². The van der Waals surface area contributed by atoms with Gasteiger partial charge in [0.05, 0.1) is 12.9 Å². The number of aromatic nitrogens is 2. The maximum Gasteiger partial charge on any atom is 0.360 e. The minimum Gasteiger partial charge on any atom is -0.461 e. The molecule has 1 atom stereocenters. The van der Waals surface area contributed by atoms with E-state index in [-0.39, 0.29) is 11.7 Å². The van der Waals surface area contributed by atoms with E-state index in [9.17, 15) is 4.79 Å². The number of imidazole rings is 1. The van der Waals surface area contributed by atoms with Gasteiger partial charge < -0.3 is 19.9 Å². The molecule has 6 nitrogen and oxygen atoms in total. The molecule has 0 amide bonds. The first-order chi connectivity index (χ1) is 10.0. The van der Waals surface area contributed by atoms with Gasteiger partial charge in [-0.1, -0.05) is 13.8 Å². The second-order valence-electron chi connectivity index (χ2n) is 5.12. The Morgan fingerprint density at radius 1 is 1.43 bits per heavy atom. The first-order valence-corrected chi connectivity index (χ1v) is 7.76. The molecule has 1 aromatic heterocycles. The second-order valence-corrected chi connectivity index (χ2v) is 5.12. The average Bonchev–Trinajstić information content (AvgIpc) is 2.85. The Hall–Kier alpha value is -1.56. The van der Waals surface area contributed by atoms with Crippen LogP contribution in [-0.2, 0) is 4.74 Å². The molecule has 2 N–H and O–H groups in total. The summed E-state index contributed by atoms with van der Waals surface area (Å²) >= 11 is 0. The predicted octanol–water partition coefficient (Wildman–Crippen LogP) is 2.32. The van der Waals surface area contributed by atoms with Crippen LogP contribution in [0.25, 0.3) is 0 Å². The highest BCUT2D eigenvalue weighted by Crippen LogP contribution is 2.21. The zero-order valence-corrected chi connectivity index (χ0v) is 13.6. The van der Waals surface area contributed by atoms with E-state index in [0.717, 1.165) is 32.5 Å². The third kappa shape index (κ3) is 4.74. The number of nitrogens with zero attached hydrogens (tertiary/aromatic N) is 3. The van der Waals surface area contributed by atoms with E-state index in [1.807, 2.05) is 4.57 Å². The van der Waals surface area contributed by atoms with Gasteiger partial charge in [-0.2, -0.15) is 0 Å². The van der Waals surface area contributed by atoms with Crippen LogP contribution in [0.4, 0.5) is 5.82 Å². The molecule has 1 aromatic rings. The SMILES string of the molecule is CCOC(=O)c1ncn(C(C)CCCN(CC)CC)c1N. The Balaban J connectivity index is 2.59. The number of hydrogen-bond donors (Lipinski definition) is 1. The normalized spacial score (nSPS) is 12.6. The third-order valence-corrected chi connectivity index (χ3v) is 3.77. The zero-order chi connectivity index (χ0) is 15.8. The van der Waals surface area contributed by atoms with Crippen LogP contribution in [0, 0.1) is 0 Å². The van der Waals surface area contributed by atoms with Gasteiger partial charge in [-0.05, 0) is 46.3 Å². The maximum absolute atomic E-state index is 11.7. The average molecular weight is 296 g/mol. The van der Waals surface area contributed by atoms with Crippen molar-refractivity contribution in [3.8, 4) is 0 Å². The highest BCUT2D eigenvalue weighted by atomic mass is 16.5. The van der Waals surface area contributed by atoms with Gasteiger partial charge in [-0.15, -0.1) is 0 Å². The van der Waals surface area contributed by atoms with E-state index < -0.39 is 5.97 Å². The highest BCUT2D eigenvalue weighted by molar-refractivity contribution is 5.92. The minimum absolute atomic E-state index is 0.215. The fourth-order valence-electron chi connectivity index (χ4n) is 2.37. The molecule has 6 heteroatoms. The summed E-state index contributed by atoms with van der Waals surface area (Å²) in [6, 6.07) is 0.219.